The van der Waals surface area contributed by atoms with E-state index in [0.29, 0.717) is 24.2 Å². The van der Waals surface area contributed by atoms with Crippen LogP contribution in [-0.2, 0) is 7.05 Å². The number of aliphatic hydroxyl groups is 2. The normalized spacial score (nSPS) is 23.4. The Bertz CT molecular complexity index is 729. The third kappa shape index (κ3) is 3.32. The molecular formula is C17H20FN3O3. The molecule has 0 bridgehead atoms. The van der Waals surface area contributed by atoms with Gasteiger partial charge in [-0.1, -0.05) is 0 Å². The van der Waals surface area contributed by atoms with Crippen LogP contribution in [0.4, 0.5) is 4.39 Å². The first kappa shape index (κ1) is 16.6. The summed E-state index contributed by atoms with van der Waals surface area (Å²) in [6.07, 6.45) is 0.382. The van der Waals surface area contributed by atoms with E-state index in [1.807, 2.05) is 0 Å². The smallest absolute Gasteiger partial charge is 0.269 e. The number of halogens is 1. The number of rotatable bonds is 4. The molecule has 24 heavy (non-hydrogen) atoms. The molecule has 0 saturated heterocycles. The average molecular weight is 333 g/mol. The molecule has 3 atom stereocenters. The molecule has 3 N–H and O–H groups in total. The second-order valence-corrected chi connectivity index (χ2v) is 6.20. The number of aliphatic hydroxyl groups excluding tert-OH is 2. The minimum absolute atomic E-state index is 0.0893. The number of carbonyl (C=O) groups is 1. The molecule has 128 valence electrons. The summed E-state index contributed by atoms with van der Waals surface area (Å²) in [5, 5.41) is 26.2. The number of nitrogens with zero attached hydrogens (tertiary/aromatic N) is 2. The first-order valence-corrected chi connectivity index (χ1v) is 7.87. The molecule has 1 heterocycles. The number of hydrogen-bond acceptors (Lipinski definition) is 4. The summed E-state index contributed by atoms with van der Waals surface area (Å²) < 4.78 is 14.5. The van der Waals surface area contributed by atoms with Gasteiger partial charge in [0.15, 0.2) is 0 Å². The van der Waals surface area contributed by atoms with Crippen LogP contribution in [0.25, 0.3) is 11.3 Å². The highest BCUT2D eigenvalue weighted by Gasteiger charge is 2.33. The van der Waals surface area contributed by atoms with Crippen molar-refractivity contribution in [2.75, 3.05) is 6.61 Å². The maximum atomic E-state index is 13.0. The maximum absolute atomic E-state index is 13.0. The van der Waals surface area contributed by atoms with E-state index in [1.54, 1.807) is 25.2 Å². The van der Waals surface area contributed by atoms with Gasteiger partial charge in [0.2, 0.25) is 0 Å². The van der Waals surface area contributed by atoms with Crippen LogP contribution in [0, 0.1) is 11.7 Å². The monoisotopic (exact) mass is 333 g/mol. The molecule has 0 unspecified atom stereocenters. The van der Waals surface area contributed by atoms with E-state index in [2.05, 4.69) is 10.4 Å². The first-order chi connectivity index (χ1) is 11.5. The Hall–Kier alpha value is -2.25. The van der Waals surface area contributed by atoms with Crippen LogP contribution in [0.15, 0.2) is 30.3 Å². The zero-order chi connectivity index (χ0) is 17.3. The lowest BCUT2D eigenvalue weighted by molar-refractivity contribution is 0.0902. The van der Waals surface area contributed by atoms with Crippen LogP contribution >= 0.6 is 0 Å². The Morgan fingerprint density at radius 3 is 2.71 bits per heavy atom. The Morgan fingerprint density at radius 1 is 1.38 bits per heavy atom. The lowest BCUT2D eigenvalue weighted by atomic mass is 10.1. The van der Waals surface area contributed by atoms with Crippen LogP contribution in [0.3, 0.4) is 0 Å². The van der Waals surface area contributed by atoms with Crippen molar-refractivity contribution in [3.8, 4) is 11.3 Å². The predicted octanol–water partition coefficient (Wildman–Crippen LogP) is 1.09. The Kier molecular flexibility index (Phi) is 4.64. The summed E-state index contributed by atoms with van der Waals surface area (Å²) in [4.78, 5) is 12.4. The van der Waals surface area contributed by atoms with Gasteiger partial charge in [-0.2, -0.15) is 5.10 Å². The van der Waals surface area contributed by atoms with Gasteiger partial charge >= 0.3 is 0 Å². The number of amides is 1. The first-order valence-electron chi connectivity index (χ1n) is 7.87. The third-order valence-electron chi connectivity index (χ3n) is 4.48. The van der Waals surface area contributed by atoms with E-state index in [1.165, 1.54) is 16.8 Å². The van der Waals surface area contributed by atoms with Gasteiger partial charge in [-0.05, 0) is 43.2 Å². The summed E-state index contributed by atoms with van der Waals surface area (Å²) in [7, 11) is 1.67. The molecule has 3 rings (SSSR count). The molecule has 1 aliphatic carbocycles. The lowest BCUT2D eigenvalue weighted by Gasteiger charge is -2.12. The Balaban J connectivity index is 1.73. The zero-order valence-electron chi connectivity index (χ0n) is 13.3. The SMILES string of the molecule is Cn1nc(-c2ccc(F)cc2)cc1C(=O)N[C@H]1C[C@@H](CO)[C@H](O)C1. The van der Waals surface area contributed by atoms with Crippen molar-refractivity contribution in [2.45, 2.75) is 25.0 Å². The standard InChI is InChI=1S/C17H20FN3O3/c1-21-15(8-14(20-21)10-2-4-12(18)5-3-10)17(24)19-13-6-11(9-22)16(23)7-13/h2-5,8,11,13,16,22-23H,6-7,9H2,1H3,(H,19,24)/t11-,13-,16+/m0/s1. The fourth-order valence-corrected chi connectivity index (χ4v) is 3.12. The molecule has 1 aromatic heterocycles. The molecule has 0 aliphatic heterocycles. The van der Waals surface area contributed by atoms with E-state index in [4.69, 9.17) is 0 Å². The van der Waals surface area contributed by atoms with Crippen LogP contribution in [0.5, 0.6) is 0 Å². The highest BCUT2D eigenvalue weighted by Crippen LogP contribution is 2.26. The Morgan fingerprint density at radius 2 is 2.08 bits per heavy atom. The number of hydrogen-bond donors (Lipinski definition) is 3. The molecule has 0 spiro atoms. The zero-order valence-corrected chi connectivity index (χ0v) is 13.3. The van der Waals surface area contributed by atoms with E-state index < -0.39 is 6.10 Å². The number of nitrogens with one attached hydrogen (secondary N) is 1. The van der Waals surface area contributed by atoms with Crippen LogP contribution in [-0.4, -0.2) is 44.7 Å². The van der Waals surface area contributed by atoms with Crippen molar-refractivity contribution < 1.29 is 19.4 Å². The molecule has 6 nitrogen and oxygen atoms in total. The molecule has 1 amide bonds. The van der Waals surface area contributed by atoms with Crippen LogP contribution in [0.1, 0.15) is 23.3 Å². The minimum Gasteiger partial charge on any atom is -0.396 e. The number of aromatic nitrogens is 2. The number of aryl methyl sites for hydroxylation is 1. The van der Waals surface area contributed by atoms with Crippen molar-refractivity contribution in [1.29, 1.82) is 0 Å². The number of carbonyl (C=O) groups excluding carboxylic acids is 1. The highest BCUT2D eigenvalue weighted by atomic mass is 19.1. The average Bonchev–Trinajstić information content (AvgIpc) is 3.10. The fourth-order valence-electron chi connectivity index (χ4n) is 3.12. The topological polar surface area (TPSA) is 87.4 Å². The van der Waals surface area contributed by atoms with Gasteiger partial charge in [0.1, 0.15) is 11.5 Å². The number of benzene rings is 1. The molecule has 1 saturated carbocycles. The molecule has 2 aromatic rings. The van der Waals surface area contributed by atoms with Crippen molar-refractivity contribution >= 4 is 5.91 Å². The summed E-state index contributed by atoms with van der Waals surface area (Å²) in [6.45, 7) is -0.0893. The van der Waals surface area contributed by atoms with Gasteiger partial charge in [0, 0.05) is 31.2 Å². The molecule has 1 aromatic carbocycles. The molecule has 7 heteroatoms. The van der Waals surface area contributed by atoms with Crippen molar-refractivity contribution in [3.63, 3.8) is 0 Å². The van der Waals surface area contributed by atoms with E-state index in [-0.39, 0.29) is 30.3 Å². The van der Waals surface area contributed by atoms with Crippen LogP contribution in [0.2, 0.25) is 0 Å². The lowest BCUT2D eigenvalue weighted by Crippen LogP contribution is -2.34. The quantitative estimate of drug-likeness (QED) is 0.782. The third-order valence-corrected chi connectivity index (χ3v) is 4.48. The van der Waals surface area contributed by atoms with Gasteiger partial charge in [-0.3, -0.25) is 9.48 Å². The van der Waals surface area contributed by atoms with Crippen LogP contribution < -0.4 is 5.32 Å². The summed E-state index contributed by atoms with van der Waals surface area (Å²) in [5.41, 5.74) is 1.70. The van der Waals surface area contributed by atoms with E-state index in [0.717, 1.165) is 5.56 Å². The van der Waals surface area contributed by atoms with E-state index >= 15 is 0 Å². The fraction of sp³-hybridized carbons (Fsp3) is 0.412. The predicted molar refractivity (Wildman–Crippen MR) is 85.7 cm³/mol. The summed E-state index contributed by atoms with van der Waals surface area (Å²) in [6, 6.07) is 7.39. The molecule has 1 aliphatic rings. The van der Waals surface area contributed by atoms with Crippen molar-refractivity contribution in [2.24, 2.45) is 13.0 Å². The summed E-state index contributed by atoms with van der Waals surface area (Å²) in [5.74, 6) is -0.809. The van der Waals surface area contributed by atoms with Gasteiger partial charge in [0.05, 0.1) is 11.8 Å². The minimum atomic E-state index is -0.596. The van der Waals surface area contributed by atoms with Crippen molar-refractivity contribution in [3.05, 3.63) is 41.8 Å². The Labute approximate surface area is 138 Å². The highest BCUT2D eigenvalue weighted by molar-refractivity contribution is 5.93. The van der Waals surface area contributed by atoms with E-state index in [9.17, 15) is 19.4 Å². The second kappa shape index (κ2) is 6.70. The molecule has 0 radical (unpaired) electrons. The van der Waals surface area contributed by atoms with Gasteiger partial charge in [0.25, 0.3) is 5.91 Å². The van der Waals surface area contributed by atoms with Gasteiger partial charge in [-0.25, -0.2) is 4.39 Å². The largest absolute Gasteiger partial charge is 0.396 e. The van der Waals surface area contributed by atoms with Crippen molar-refractivity contribution in [1.82, 2.24) is 15.1 Å². The second-order valence-electron chi connectivity index (χ2n) is 6.20. The molecular weight excluding hydrogens is 313 g/mol. The summed E-state index contributed by atoms with van der Waals surface area (Å²) >= 11 is 0. The van der Waals surface area contributed by atoms with Gasteiger partial charge < -0.3 is 15.5 Å². The molecule has 1 fully saturated rings. The van der Waals surface area contributed by atoms with Gasteiger partial charge in [-0.15, -0.1) is 0 Å². The maximum Gasteiger partial charge on any atom is 0.269 e.